The molecule has 0 unspecified atom stereocenters. The van der Waals surface area contributed by atoms with Crippen molar-refractivity contribution in [3.63, 3.8) is 0 Å². The summed E-state index contributed by atoms with van der Waals surface area (Å²) in [5.74, 6) is 0.900. The van der Waals surface area contributed by atoms with E-state index < -0.39 is 0 Å². The summed E-state index contributed by atoms with van der Waals surface area (Å²) in [6.07, 6.45) is 1.77. The molecule has 0 saturated carbocycles. The van der Waals surface area contributed by atoms with E-state index in [1.54, 1.807) is 13.4 Å². The third-order valence-corrected chi connectivity index (χ3v) is 4.14. The number of piperazine rings is 1. The van der Waals surface area contributed by atoms with Crippen LogP contribution in [-0.4, -0.2) is 41.6 Å². The normalized spacial score (nSPS) is 19.6. The lowest BCUT2D eigenvalue weighted by molar-refractivity contribution is 0.152. The lowest BCUT2D eigenvalue weighted by atomic mass is 10.0. The second-order valence-electron chi connectivity index (χ2n) is 5.44. The Kier molecular flexibility index (Phi) is 4.22. The molecule has 3 rings (SSSR count). The van der Waals surface area contributed by atoms with Crippen molar-refractivity contribution in [2.75, 3.05) is 26.7 Å². The maximum absolute atomic E-state index is 5.24. The molecule has 2 N–H and O–H groups in total. The molecule has 5 heteroatoms. The quantitative estimate of drug-likeness (QED) is 0.901. The average Bonchev–Trinajstić information content (AvgIpc) is 2.93. The van der Waals surface area contributed by atoms with Gasteiger partial charge in [-0.1, -0.05) is 12.1 Å². The van der Waals surface area contributed by atoms with E-state index in [2.05, 4.69) is 39.2 Å². The van der Waals surface area contributed by atoms with Crippen LogP contribution in [0.3, 0.4) is 0 Å². The fourth-order valence-corrected chi connectivity index (χ4v) is 2.83. The van der Waals surface area contributed by atoms with E-state index in [1.807, 2.05) is 12.1 Å². The van der Waals surface area contributed by atoms with E-state index in [9.17, 15) is 0 Å². The highest BCUT2D eigenvalue weighted by Crippen LogP contribution is 2.25. The van der Waals surface area contributed by atoms with Gasteiger partial charge in [0.1, 0.15) is 5.75 Å². The van der Waals surface area contributed by atoms with Gasteiger partial charge in [-0.05, 0) is 24.6 Å². The number of imidazole rings is 1. The van der Waals surface area contributed by atoms with E-state index in [4.69, 9.17) is 4.74 Å². The Morgan fingerprint density at radius 3 is 2.81 bits per heavy atom. The molecule has 0 amide bonds. The second-order valence-corrected chi connectivity index (χ2v) is 5.44. The standard InChI is InChI=1S/C16H22N4O/c1-12-15(19-11-18-12)10-20-8-7-17-9-16(20)13-3-5-14(21-2)6-4-13/h3-6,11,16-17H,7-10H2,1-2H3,(H,18,19)/t16-/m1/s1. The first kappa shape index (κ1) is 14.1. The molecule has 0 radical (unpaired) electrons. The summed E-state index contributed by atoms with van der Waals surface area (Å²) in [6.45, 7) is 5.98. The highest BCUT2D eigenvalue weighted by atomic mass is 16.5. The minimum Gasteiger partial charge on any atom is -0.497 e. The monoisotopic (exact) mass is 286 g/mol. The molecule has 1 atom stereocenters. The smallest absolute Gasteiger partial charge is 0.118 e. The van der Waals surface area contributed by atoms with Gasteiger partial charge in [0, 0.05) is 37.9 Å². The summed E-state index contributed by atoms with van der Waals surface area (Å²) >= 11 is 0. The van der Waals surface area contributed by atoms with Crippen LogP contribution < -0.4 is 10.1 Å². The summed E-state index contributed by atoms with van der Waals surface area (Å²) in [5, 5.41) is 3.48. The number of nitrogens with zero attached hydrogens (tertiary/aromatic N) is 2. The number of aryl methyl sites for hydroxylation is 1. The summed E-state index contributed by atoms with van der Waals surface area (Å²) in [4.78, 5) is 10.1. The van der Waals surface area contributed by atoms with Crippen LogP contribution in [0.5, 0.6) is 5.75 Å². The van der Waals surface area contributed by atoms with Crippen molar-refractivity contribution in [2.45, 2.75) is 19.5 Å². The van der Waals surface area contributed by atoms with E-state index in [0.717, 1.165) is 43.3 Å². The van der Waals surface area contributed by atoms with Gasteiger partial charge < -0.3 is 15.0 Å². The Labute approximate surface area is 125 Å². The maximum atomic E-state index is 5.24. The molecular weight excluding hydrogens is 264 g/mol. The number of aromatic amines is 1. The molecule has 1 aliphatic heterocycles. The fraction of sp³-hybridized carbons (Fsp3) is 0.438. The van der Waals surface area contributed by atoms with Crippen LogP contribution in [0, 0.1) is 6.92 Å². The van der Waals surface area contributed by atoms with Gasteiger partial charge in [0.25, 0.3) is 0 Å². The third kappa shape index (κ3) is 3.09. The molecule has 2 heterocycles. The van der Waals surface area contributed by atoms with Gasteiger partial charge >= 0.3 is 0 Å². The van der Waals surface area contributed by atoms with Crippen LogP contribution in [0.15, 0.2) is 30.6 Å². The molecule has 1 aliphatic rings. The third-order valence-electron chi connectivity index (χ3n) is 4.14. The first-order chi connectivity index (χ1) is 10.3. The minimum atomic E-state index is 0.376. The molecule has 1 saturated heterocycles. The van der Waals surface area contributed by atoms with E-state index in [-0.39, 0.29) is 0 Å². The zero-order valence-electron chi connectivity index (χ0n) is 12.6. The van der Waals surface area contributed by atoms with Crippen molar-refractivity contribution in [2.24, 2.45) is 0 Å². The Balaban J connectivity index is 1.78. The number of ether oxygens (including phenoxy) is 1. The summed E-state index contributed by atoms with van der Waals surface area (Å²) in [7, 11) is 1.70. The van der Waals surface area contributed by atoms with Gasteiger partial charge in [0.2, 0.25) is 0 Å². The molecule has 1 aromatic heterocycles. The average molecular weight is 286 g/mol. The van der Waals surface area contributed by atoms with Gasteiger partial charge in [0.15, 0.2) is 0 Å². The van der Waals surface area contributed by atoms with E-state index in [0.29, 0.717) is 6.04 Å². The highest BCUT2D eigenvalue weighted by molar-refractivity contribution is 5.29. The summed E-state index contributed by atoms with van der Waals surface area (Å²) in [5.41, 5.74) is 3.61. The molecule has 112 valence electrons. The molecule has 2 aromatic rings. The van der Waals surface area contributed by atoms with Crippen LogP contribution in [-0.2, 0) is 6.54 Å². The summed E-state index contributed by atoms with van der Waals surface area (Å²) < 4.78 is 5.24. The van der Waals surface area contributed by atoms with Gasteiger partial charge in [-0.2, -0.15) is 0 Å². The fourth-order valence-electron chi connectivity index (χ4n) is 2.83. The van der Waals surface area contributed by atoms with Gasteiger partial charge in [-0.3, -0.25) is 4.90 Å². The summed E-state index contributed by atoms with van der Waals surface area (Å²) in [6, 6.07) is 8.74. The SMILES string of the molecule is COc1ccc([C@H]2CNCCN2Cc2nc[nH]c2C)cc1. The van der Waals surface area contributed by atoms with Gasteiger partial charge in [-0.15, -0.1) is 0 Å². The van der Waals surface area contributed by atoms with E-state index in [1.165, 1.54) is 5.56 Å². The number of hydrogen-bond donors (Lipinski definition) is 2. The van der Waals surface area contributed by atoms with Crippen molar-refractivity contribution in [1.82, 2.24) is 20.2 Å². The molecule has 0 spiro atoms. The van der Waals surface area contributed by atoms with Crippen molar-refractivity contribution in [3.05, 3.63) is 47.5 Å². The van der Waals surface area contributed by atoms with Crippen LogP contribution in [0.25, 0.3) is 0 Å². The molecule has 0 bridgehead atoms. The number of benzene rings is 1. The van der Waals surface area contributed by atoms with E-state index >= 15 is 0 Å². The molecular formula is C16H22N4O. The molecule has 21 heavy (non-hydrogen) atoms. The number of nitrogens with one attached hydrogen (secondary N) is 2. The zero-order chi connectivity index (χ0) is 14.7. The number of rotatable bonds is 4. The van der Waals surface area contributed by atoms with Crippen LogP contribution >= 0.6 is 0 Å². The Morgan fingerprint density at radius 1 is 1.33 bits per heavy atom. The van der Waals surface area contributed by atoms with Crippen molar-refractivity contribution >= 4 is 0 Å². The number of H-pyrrole nitrogens is 1. The van der Waals surface area contributed by atoms with Crippen molar-refractivity contribution < 1.29 is 4.74 Å². The maximum Gasteiger partial charge on any atom is 0.118 e. The van der Waals surface area contributed by atoms with Crippen LogP contribution in [0.1, 0.15) is 23.0 Å². The number of hydrogen-bond acceptors (Lipinski definition) is 4. The Bertz CT molecular complexity index is 578. The number of aromatic nitrogens is 2. The second kappa shape index (κ2) is 6.28. The molecule has 0 aliphatic carbocycles. The molecule has 1 aromatic carbocycles. The lowest BCUT2D eigenvalue weighted by Crippen LogP contribution is -2.45. The van der Waals surface area contributed by atoms with Crippen molar-refractivity contribution in [3.8, 4) is 5.75 Å². The predicted molar refractivity (Wildman–Crippen MR) is 82.3 cm³/mol. The Hall–Kier alpha value is -1.85. The van der Waals surface area contributed by atoms with Gasteiger partial charge in [0.05, 0.1) is 19.1 Å². The van der Waals surface area contributed by atoms with Crippen molar-refractivity contribution in [1.29, 1.82) is 0 Å². The number of methoxy groups -OCH3 is 1. The first-order valence-corrected chi connectivity index (χ1v) is 7.35. The minimum absolute atomic E-state index is 0.376. The molecule has 1 fully saturated rings. The molecule has 5 nitrogen and oxygen atoms in total. The lowest BCUT2D eigenvalue weighted by Gasteiger charge is -2.36. The largest absolute Gasteiger partial charge is 0.497 e. The first-order valence-electron chi connectivity index (χ1n) is 7.35. The Morgan fingerprint density at radius 2 is 2.14 bits per heavy atom. The topological polar surface area (TPSA) is 53.2 Å². The van der Waals surface area contributed by atoms with Gasteiger partial charge in [-0.25, -0.2) is 4.98 Å². The predicted octanol–water partition coefficient (Wildman–Crippen LogP) is 1.87. The highest BCUT2D eigenvalue weighted by Gasteiger charge is 2.24. The zero-order valence-corrected chi connectivity index (χ0v) is 12.6. The van der Waals surface area contributed by atoms with Crippen LogP contribution in [0.4, 0.5) is 0 Å². The van der Waals surface area contributed by atoms with Crippen LogP contribution in [0.2, 0.25) is 0 Å².